The van der Waals surface area contributed by atoms with Crippen molar-refractivity contribution in [1.29, 1.82) is 0 Å². The Hall–Kier alpha value is -0.220. The second-order valence-corrected chi connectivity index (χ2v) is 5.50. The molecule has 0 saturated heterocycles. The SMILES string of the molecule is CCC(N)CSCC(=O)NC(C)(C)CC. The Morgan fingerprint density at radius 2 is 2.07 bits per heavy atom. The summed E-state index contributed by atoms with van der Waals surface area (Å²) in [6, 6.07) is 0.210. The second-order valence-electron chi connectivity index (χ2n) is 4.47. The van der Waals surface area contributed by atoms with E-state index in [1.54, 1.807) is 11.8 Å². The summed E-state index contributed by atoms with van der Waals surface area (Å²) in [6.07, 6.45) is 1.91. The third-order valence-corrected chi connectivity index (χ3v) is 3.58. The lowest BCUT2D eigenvalue weighted by Gasteiger charge is -2.24. The molecular formula is C11H24N2OS. The van der Waals surface area contributed by atoms with Crippen molar-refractivity contribution in [2.45, 2.75) is 52.1 Å². The maximum Gasteiger partial charge on any atom is 0.230 e. The zero-order chi connectivity index (χ0) is 11.9. The normalized spacial score (nSPS) is 13.7. The quantitative estimate of drug-likeness (QED) is 0.703. The number of hydrogen-bond donors (Lipinski definition) is 2. The van der Waals surface area contributed by atoms with Crippen LogP contribution in [0.25, 0.3) is 0 Å². The largest absolute Gasteiger partial charge is 0.351 e. The van der Waals surface area contributed by atoms with Gasteiger partial charge in [-0.05, 0) is 26.7 Å². The molecule has 4 heteroatoms. The Bertz CT molecular complexity index is 195. The Kier molecular flexibility index (Phi) is 7.02. The van der Waals surface area contributed by atoms with Gasteiger partial charge in [0.1, 0.15) is 0 Å². The Balaban J connectivity index is 3.67. The van der Waals surface area contributed by atoms with E-state index in [9.17, 15) is 4.79 Å². The van der Waals surface area contributed by atoms with Crippen molar-refractivity contribution in [2.24, 2.45) is 5.73 Å². The summed E-state index contributed by atoms with van der Waals surface area (Å²) < 4.78 is 0. The van der Waals surface area contributed by atoms with Crippen molar-refractivity contribution in [3.8, 4) is 0 Å². The monoisotopic (exact) mass is 232 g/mol. The van der Waals surface area contributed by atoms with E-state index in [1.165, 1.54) is 0 Å². The summed E-state index contributed by atoms with van der Waals surface area (Å²) in [5, 5.41) is 3.00. The van der Waals surface area contributed by atoms with Gasteiger partial charge >= 0.3 is 0 Å². The van der Waals surface area contributed by atoms with Gasteiger partial charge in [-0.1, -0.05) is 13.8 Å². The molecule has 90 valence electrons. The van der Waals surface area contributed by atoms with Gasteiger partial charge < -0.3 is 11.1 Å². The molecule has 0 aliphatic rings. The van der Waals surface area contributed by atoms with Gasteiger partial charge in [0.15, 0.2) is 0 Å². The summed E-state index contributed by atoms with van der Waals surface area (Å²) in [5.74, 6) is 1.48. The lowest BCUT2D eigenvalue weighted by atomic mass is 10.0. The van der Waals surface area contributed by atoms with E-state index in [1.807, 2.05) is 13.8 Å². The van der Waals surface area contributed by atoms with Crippen molar-refractivity contribution >= 4 is 17.7 Å². The highest BCUT2D eigenvalue weighted by Crippen LogP contribution is 2.08. The second kappa shape index (κ2) is 7.12. The summed E-state index contributed by atoms with van der Waals surface area (Å²) in [6.45, 7) is 8.20. The Labute approximate surface area is 97.6 Å². The van der Waals surface area contributed by atoms with Crippen LogP contribution < -0.4 is 11.1 Å². The van der Waals surface area contributed by atoms with E-state index in [2.05, 4.69) is 19.2 Å². The van der Waals surface area contributed by atoms with Crippen LogP contribution in [0.1, 0.15) is 40.5 Å². The fraction of sp³-hybridized carbons (Fsp3) is 0.909. The van der Waals surface area contributed by atoms with Gasteiger partial charge in [0.25, 0.3) is 0 Å². The first-order chi connectivity index (χ1) is 6.91. The molecule has 0 saturated carbocycles. The third-order valence-electron chi connectivity index (χ3n) is 2.45. The van der Waals surface area contributed by atoms with Gasteiger partial charge in [0.2, 0.25) is 5.91 Å². The predicted octanol–water partition coefficient (Wildman–Crippen LogP) is 1.76. The minimum absolute atomic E-state index is 0.0927. The van der Waals surface area contributed by atoms with Crippen molar-refractivity contribution in [1.82, 2.24) is 5.32 Å². The highest BCUT2D eigenvalue weighted by molar-refractivity contribution is 7.99. The summed E-state index contributed by atoms with van der Waals surface area (Å²) in [5.41, 5.74) is 5.67. The average molecular weight is 232 g/mol. The number of nitrogens with two attached hydrogens (primary N) is 1. The predicted molar refractivity (Wildman–Crippen MR) is 68.1 cm³/mol. The molecule has 0 radical (unpaired) electrons. The number of thioether (sulfide) groups is 1. The van der Waals surface area contributed by atoms with Crippen LogP contribution in [0, 0.1) is 0 Å². The molecule has 0 aliphatic heterocycles. The first kappa shape index (κ1) is 14.8. The van der Waals surface area contributed by atoms with Crippen molar-refractivity contribution < 1.29 is 4.79 Å². The fourth-order valence-electron chi connectivity index (χ4n) is 0.923. The van der Waals surface area contributed by atoms with E-state index in [4.69, 9.17) is 5.73 Å². The van der Waals surface area contributed by atoms with Crippen LogP contribution in [0.2, 0.25) is 0 Å². The van der Waals surface area contributed by atoms with Gasteiger partial charge in [-0.3, -0.25) is 4.79 Å². The molecule has 1 amide bonds. The highest BCUT2D eigenvalue weighted by Gasteiger charge is 2.17. The van der Waals surface area contributed by atoms with Gasteiger partial charge in [0.05, 0.1) is 5.75 Å². The molecule has 0 spiro atoms. The first-order valence-electron chi connectivity index (χ1n) is 5.55. The van der Waals surface area contributed by atoms with Crippen molar-refractivity contribution in [2.75, 3.05) is 11.5 Å². The van der Waals surface area contributed by atoms with Crippen LogP contribution >= 0.6 is 11.8 Å². The minimum atomic E-state index is -0.0927. The Morgan fingerprint density at radius 3 is 2.53 bits per heavy atom. The van der Waals surface area contributed by atoms with Gasteiger partial charge in [-0.15, -0.1) is 0 Å². The number of rotatable bonds is 7. The van der Waals surface area contributed by atoms with Gasteiger partial charge in [-0.25, -0.2) is 0 Å². The molecule has 15 heavy (non-hydrogen) atoms. The molecule has 0 aromatic carbocycles. The number of hydrogen-bond acceptors (Lipinski definition) is 3. The molecule has 3 nitrogen and oxygen atoms in total. The van der Waals surface area contributed by atoms with Crippen LogP contribution in [0.15, 0.2) is 0 Å². The molecule has 1 atom stereocenters. The number of carbonyl (C=O) groups excluding carboxylic acids is 1. The lowest BCUT2D eigenvalue weighted by molar-refractivity contribution is -0.120. The van der Waals surface area contributed by atoms with Crippen LogP contribution in [-0.2, 0) is 4.79 Å². The van der Waals surface area contributed by atoms with E-state index in [-0.39, 0.29) is 17.5 Å². The molecule has 0 aromatic heterocycles. The van der Waals surface area contributed by atoms with Crippen LogP contribution in [0.4, 0.5) is 0 Å². The van der Waals surface area contributed by atoms with E-state index >= 15 is 0 Å². The van der Waals surface area contributed by atoms with Crippen molar-refractivity contribution in [3.05, 3.63) is 0 Å². The van der Waals surface area contributed by atoms with Crippen LogP contribution in [0.3, 0.4) is 0 Å². The zero-order valence-electron chi connectivity index (χ0n) is 10.3. The van der Waals surface area contributed by atoms with E-state index < -0.39 is 0 Å². The molecule has 0 aromatic rings. The van der Waals surface area contributed by atoms with Crippen LogP contribution in [-0.4, -0.2) is 29.0 Å². The molecule has 0 bridgehead atoms. The highest BCUT2D eigenvalue weighted by atomic mass is 32.2. The summed E-state index contributed by atoms with van der Waals surface area (Å²) in [7, 11) is 0. The molecule has 1 unspecified atom stereocenters. The third kappa shape index (κ3) is 7.68. The molecule has 0 fully saturated rings. The smallest absolute Gasteiger partial charge is 0.230 e. The maximum absolute atomic E-state index is 11.5. The number of amides is 1. The average Bonchev–Trinajstić information content (AvgIpc) is 2.16. The topological polar surface area (TPSA) is 55.1 Å². The standard InChI is InChI=1S/C11H24N2OS/c1-5-9(12)7-15-8-10(14)13-11(3,4)6-2/h9H,5-8,12H2,1-4H3,(H,13,14). The minimum Gasteiger partial charge on any atom is -0.351 e. The molecule has 0 aliphatic carbocycles. The zero-order valence-corrected chi connectivity index (χ0v) is 11.1. The fourth-order valence-corrected chi connectivity index (χ4v) is 1.84. The summed E-state index contributed by atoms with van der Waals surface area (Å²) in [4.78, 5) is 11.5. The number of nitrogens with one attached hydrogen (secondary N) is 1. The van der Waals surface area contributed by atoms with Crippen molar-refractivity contribution in [3.63, 3.8) is 0 Å². The molecular weight excluding hydrogens is 208 g/mol. The van der Waals surface area contributed by atoms with E-state index in [0.717, 1.165) is 18.6 Å². The van der Waals surface area contributed by atoms with Crippen LogP contribution in [0.5, 0.6) is 0 Å². The molecule has 0 heterocycles. The first-order valence-corrected chi connectivity index (χ1v) is 6.71. The Morgan fingerprint density at radius 1 is 1.47 bits per heavy atom. The van der Waals surface area contributed by atoms with E-state index in [0.29, 0.717) is 5.75 Å². The maximum atomic E-state index is 11.5. The van der Waals surface area contributed by atoms with Gasteiger partial charge in [-0.2, -0.15) is 11.8 Å². The summed E-state index contributed by atoms with van der Waals surface area (Å²) >= 11 is 1.61. The van der Waals surface area contributed by atoms with Gasteiger partial charge in [0, 0.05) is 17.3 Å². The molecule has 0 rings (SSSR count). The lowest BCUT2D eigenvalue weighted by Crippen LogP contribution is -2.43. The number of carbonyl (C=O) groups is 1. The molecule has 3 N–H and O–H groups in total.